The van der Waals surface area contributed by atoms with Gasteiger partial charge in [-0.05, 0) is 62.3 Å². The zero-order valence-corrected chi connectivity index (χ0v) is 24.1. The molecule has 2 atom stereocenters. The third-order valence-corrected chi connectivity index (χ3v) is 8.87. The zero-order valence-electron chi connectivity index (χ0n) is 24.1. The van der Waals surface area contributed by atoms with Crippen LogP contribution in [0.25, 0.3) is 0 Å². The van der Waals surface area contributed by atoms with Crippen LogP contribution in [0.15, 0.2) is 36.4 Å². The van der Waals surface area contributed by atoms with Crippen LogP contribution in [0.1, 0.15) is 75.1 Å². The van der Waals surface area contributed by atoms with Gasteiger partial charge in [-0.3, -0.25) is 19.3 Å². The van der Waals surface area contributed by atoms with Gasteiger partial charge in [-0.1, -0.05) is 44.8 Å². The van der Waals surface area contributed by atoms with E-state index in [4.69, 9.17) is 4.74 Å². The molecule has 2 aliphatic heterocycles. The van der Waals surface area contributed by atoms with Crippen molar-refractivity contribution in [3.8, 4) is 5.75 Å². The Labute approximate surface area is 238 Å². The normalized spacial score (nSPS) is 22.9. The van der Waals surface area contributed by atoms with Gasteiger partial charge in [0.05, 0.1) is 6.10 Å². The maximum Gasteiger partial charge on any atom is 0.251 e. The molecule has 2 saturated heterocycles. The highest BCUT2D eigenvalue weighted by Gasteiger charge is 2.55. The van der Waals surface area contributed by atoms with Gasteiger partial charge < -0.3 is 25.4 Å². The second-order valence-corrected chi connectivity index (χ2v) is 11.4. The molecule has 3 aliphatic rings. The van der Waals surface area contributed by atoms with Crippen LogP contribution in [0.5, 0.6) is 5.75 Å². The summed E-state index contributed by atoms with van der Waals surface area (Å²) in [5, 5.41) is 16.7. The molecule has 3 fully saturated rings. The number of piperidine rings is 1. The van der Waals surface area contributed by atoms with Crippen molar-refractivity contribution in [1.29, 1.82) is 0 Å². The molecule has 0 unspecified atom stereocenters. The number of likely N-dealkylation sites (tertiary alicyclic amines) is 1. The zero-order chi connectivity index (χ0) is 28.5. The lowest BCUT2D eigenvalue weighted by molar-refractivity contribution is -0.165. The molecular formula is C31H46N4O5. The first kappa shape index (κ1) is 30.1. The first-order chi connectivity index (χ1) is 19.4. The highest BCUT2D eigenvalue weighted by Crippen LogP contribution is 2.36. The van der Waals surface area contributed by atoms with E-state index < -0.39 is 17.7 Å². The molecule has 1 aromatic carbocycles. The topological polar surface area (TPSA) is 111 Å². The third-order valence-electron chi connectivity index (χ3n) is 8.87. The van der Waals surface area contributed by atoms with Gasteiger partial charge in [0.15, 0.2) is 0 Å². The van der Waals surface area contributed by atoms with E-state index in [1.165, 1.54) is 6.42 Å². The van der Waals surface area contributed by atoms with E-state index >= 15 is 0 Å². The van der Waals surface area contributed by atoms with Gasteiger partial charge in [-0.15, -0.1) is 0 Å². The van der Waals surface area contributed by atoms with Crippen LogP contribution in [0.3, 0.4) is 0 Å². The van der Waals surface area contributed by atoms with Gasteiger partial charge >= 0.3 is 0 Å². The number of hydrogen-bond acceptors (Lipinski definition) is 6. The summed E-state index contributed by atoms with van der Waals surface area (Å²) in [4.78, 5) is 43.1. The molecular weight excluding hydrogens is 508 g/mol. The highest BCUT2D eigenvalue weighted by molar-refractivity contribution is 6.00. The standard InChI is InChI=1S/C31H46N4O5/c1-3-4-19-35-29(38)26(27(36)23-10-6-5-7-11-23)33-30(39)31(35)16-20-34(21-17-31)18-8-9-22-40-25-14-12-24(13-15-25)28(37)32-2/h8-9,12-15,23,26-27,36H,3-7,10-11,16-22H2,1-2H3,(H,32,37)(H,33,39)/b9-8+/t26-,27-/m1/s1. The number of amides is 3. The van der Waals surface area contributed by atoms with Gasteiger partial charge in [-0.25, -0.2) is 0 Å². The molecule has 9 heteroatoms. The maximum absolute atomic E-state index is 13.7. The highest BCUT2D eigenvalue weighted by atomic mass is 16.5. The summed E-state index contributed by atoms with van der Waals surface area (Å²) in [6, 6.07) is 6.19. The number of nitrogens with one attached hydrogen (secondary N) is 2. The van der Waals surface area contributed by atoms with E-state index in [0.29, 0.717) is 50.4 Å². The van der Waals surface area contributed by atoms with Crippen molar-refractivity contribution in [3.63, 3.8) is 0 Å². The van der Waals surface area contributed by atoms with Gasteiger partial charge in [0.25, 0.3) is 5.91 Å². The maximum atomic E-state index is 13.7. The van der Waals surface area contributed by atoms with Crippen LogP contribution in [0.4, 0.5) is 0 Å². The number of nitrogens with zero attached hydrogens (tertiary/aromatic N) is 2. The fourth-order valence-corrected chi connectivity index (χ4v) is 6.34. The second-order valence-electron chi connectivity index (χ2n) is 11.4. The number of unbranched alkanes of at least 4 members (excludes halogenated alkanes) is 1. The van der Waals surface area contributed by atoms with Crippen LogP contribution in [-0.2, 0) is 9.59 Å². The van der Waals surface area contributed by atoms with E-state index in [9.17, 15) is 19.5 Å². The first-order valence-electron chi connectivity index (χ1n) is 15.0. The minimum atomic E-state index is -0.834. The van der Waals surface area contributed by atoms with Crippen LogP contribution in [0, 0.1) is 5.92 Å². The van der Waals surface area contributed by atoms with Crippen molar-refractivity contribution >= 4 is 17.7 Å². The van der Waals surface area contributed by atoms with Gasteiger partial charge in [0.1, 0.15) is 23.9 Å². The number of hydrogen-bond donors (Lipinski definition) is 3. The van der Waals surface area contributed by atoms with Crippen LogP contribution < -0.4 is 15.4 Å². The Bertz CT molecular complexity index is 1030. The van der Waals surface area contributed by atoms with Crippen LogP contribution >= 0.6 is 0 Å². The average molecular weight is 555 g/mol. The third kappa shape index (κ3) is 6.86. The van der Waals surface area contributed by atoms with Crippen molar-refractivity contribution in [2.24, 2.45) is 5.92 Å². The average Bonchev–Trinajstić information content (AvgIpc) is 2.99. The molecule has 4 rings (SSSR count). The minimum absolute atomic E-state index is 0.0737. The van der Waals surface area contributed by atoms with E-state index in [-0.39, 0.29) is 23.6 Å². The molecule has 0 radical (unpaired) electrons. The van der Waals surface area contributed by atoms with Gasteiger partial charge in [0, 0.05) is 38.8 Å². The number of benzene rings is 1. The Kier molecular flexibility index (Phi) is 10.6. The Morgan fingerprint density at radius 2 is 1.85 bits per heavy atom. The quantitative estimate of drug-likeness (QED) is 0.363. The van der Waals surface area contributed by atoms with Crippen molar-refractivity contribution in [1.82, 2.24) is 20.4 Å². The number of ether oxygens (including phenoxy) is 1. The molecule has 1 aliphatic carbocycles. The smallest absolute Gasteiger partial charge is 0.251 e. The summed E-state index contributed by atoms with van der Waals surface area (Å²) >= 11 is 0. The fourth-order valence-electron chi connectivity index (χ4n) is 6.34. The molecule has 9 nitrogen and oxygen atoms in total. The molecule has 1 spiro atoms. The number of aliphatic hydroxyl groups is 1. The molecule has 220 valence electrons. The van der Waals surface area contributed by atoms with E-state index in [1.807, 2.05) is 11.0 Å². The minimum Gasteiger partial charge on any atom is -0.490 e. The monoisotopic (exact) mass is 554 g/mol. The molecule has 0 aromatic heterocycles. The van der Waals surface area contributed by atoms with Gasteiger partial charge in [0.2, 0.25) is 11.8 Å². The fraction of sp³-hybridized carbons (Fsp3) is 0.645. The summed E-state index contributed by atoms with van der Waals surface area (Å²) in [5.41, 5.74) is -0.245. The largest absolute Gasteiger partial charge is 0.490 e. The SMILES string of the molecule is CCCCN1C(=O)[C@@H]([C@H](O)C2CCCCC2)NC(=O)C12CCN(C/C=C/COc1ccc(C(=O)NC)cc1)CC2. The number of piperazine rings is 1. The molecule has 2 heterocycles. The molecule has 40 heavy (non-hydrogen) atoms. The number of carbonyl (C=O) groups excluding carboxylic acids is 3. The predicted molar refractivity (Wildman–Crippen MR) is 154 cm³/mol. The van der Waals surface area contributed by atoms with Crippen LogP contribution in [-0.4, -0.2) is 90.1 Å². The van der Waals surface area contributed by atoms with Crippen molar-refractivity contribution < 1.29 is 24.2 Å². The van der Waals surface area contributed by atoms with Crippen LogP contribution in [0.2, 0.25) is 0 Å². The van der Waals surface area contributed by atoms with Gasteiger partial charge in [-0.2, -0.15) is 0 Å². The number of rotatable bonds is 11. The molecule has 3 N–H and O–H groups in total. The van der Waals surface area contributed by atoms with E-state index in [0.717, 1.165) is 45.1 Å². The Hall–Kier alpha value is -2.91. The lowest BCUT2D eigenvalue weighted by atomic mass is 9.78. The van der Waals surface area contributed by atoms with Crippen molar-refractivity contribution in [2.75, 3.05) is 39.8 Å². The molecule has 1 saturated carbocycles. The Morgan fingerprint density at radius 3 is 2.50 bits per heavy atom. The summed E-state index contributed by atoms with van der Waals surface area (Å²) in [6.07, 6.45) is 11.3. The summed E-state index contributed by atoms with van der Waals surface area (Å²) < 4.78 is 5.75. The molecule has 3 amide bonds. The number of carbonyl (C=O) groups is 3. The lowest BCUT2D eigenvalue weighted by Gasteiger charge is -2.52. The Balaban J connectivity index is 1.30. The second kappa shape index (κ2) is 14.1. The van der Waals surface area contributed by atoms with Crippen molar-refractivity contribution in [2.45, 2.75) is 82.4 Å². The lowest BCUT2D eigenvalue weighted by Crippen LogP contribution is -2.75. The first-order valence-corrected chi connectivity index (χ1v) is 15.0. The molecule has 1 aromatic rings. The summed E-state index contributed by atoms with van der Waals surface area (Å²) in [7, 11) is 1.60. The summed E-state index contributed by atoms with van der Waals surface area (Å²) in [5.74, 6) is 0.429. The summed E-state index contributed by atoms with van der Waals surface area (Å²) in [6.45, 7) is 5.23. The Morgan fingerprint density at radius 1 is 1.15 bits per heavy atom. The number of aliphatic hydroxyl groups excluding tert-OH is 1. The predicted octanol–water partition coefficient (Wildman–Crippen LogP) is 2.88. The van der Waals surface area contributed by atoms with E-state index in [1.54, 1.807) is 31.3 Å². The van der Waals surface area contributed by atoms with E-state index in [2.05, 4.69) is 28.5 Å². The van der Waals surface area contributed by atoms with Crippen molar-refractivity contribution in [3.05, 3.63) is 42.0 Å². The molecule has 0 bridgehead atoms.